The number of carboxylic acid groups (broad SMARTS) is 1. The Bertz CT molecular complexity index is 1150. The van der Waals surface area contributed by atoms with Crippen molar-refractivity contribution >= 4 is 33.8 Å². The number of hydrogen-bond donors (Lipinski definition) is 1. The van der Waals surface area contributed by atoms with E-state index in [4.69, 9.17) is 4.74 Å². The highest BCUT2D eigenvalue weighted by atomic mass is 32.2. The van der Waals surface area contributed by atoms with E-state index in [-0.39, 0.29) is 48.5 Å². The van der Waals surface area contributed by atoms with Crippen LogP contribution in [-0.4, -0.2) is 48.4 Å². The van der Waals surface area contributed by atoms with Crippen molar-refractivity contribution in [3.8, 4) is 5.75 Å². The van der Waals surface area contributed by atoms with Gasteiger partial charge in [0.25, 0.3) is 0 Å². The minimum atomic E-state index is -3.88. The molecule has 1 aliphatic heterocycles. The molecule has 1 heterocycles. The highest BCUT2D eigenvalue weighted by Crippen LogP contribution is 2.31. The van der Waals surface area contributed by atoms with Gasteiger partial charge in [-0.15, -0.1) is 0 Å². The standard InChI is InChI=1S/C26H31NO7S/c1-34-21-15-13-19(14-16-21)8-4-2-3-5-9-20(26(30)31)18-22-23(10-6-11-24(22)28)27-25(29)12-7-17-35(27,32)33/h4,6,8,10,13-16,20H,2-3,5,7,9,11-12,17-18H2,1H3,(H,30,31)/b8-4+. The Morgan fingerprint density at radius 1 is 1.20 bits per heavy atom. The number of hydrogen-bond acceptors (Lipinski definition) is 6. The number of sulfonamides is 1. The van der Waals surface area contributed by atoms with Gasteiger partial charge in [0, 0.05) is 18.4 Å². The molecule has 0 aromatic heterocycles. The smallest absolute Gasteiger partial charge is 0.306 e. The molecule has 1 N–H and O–H groups in total. The van der Waals surface area contributed by atoms with Crippen LogP contribution in [0.15, 0.2) is 53.8 Å². The number of carbonyl (C=O) groups excluding carboxylic acids is 2. The molecule has 1 aromatic rings. The average molecular weight is 502 g/mol. The molecule has 8 nitrogen and oxygen atoms in total. The monoisotopic (exact) mass is 501 g/mol. The zero-order valence-corrected chi connectivity index (χ0v) is 20.6. The molecule has 0 radical (unpaired) electrons. The van der Waals surface area contributed by atoms with Crippen LogP contribution in [0.5, 0.6) is 5.75 Å². The van der Waals surface area contributed by atoms with E-state index in [2.05, 4.69) is 0 Å². The highest BCUT2D eigenvalue weighted by molar-refractivity contribution is 7.89. The molecule has 1 fully saturated rings. The molecule has 2 aliphatic rings. The van der Waals surface area contributed by atoms with Gasteiger partial charge in [-0.3, -0.25) is 14.4 Å². The summed E-state index contributed by atoms with van der Waals surface area (Å²) < 4.78 is 31.0. The van der Waals surface area contributed by atoms with Crippen molar-refractivity contribution in [1.82, 2.24) is 4.31 Å². The lowest BCUT2D eigenvalue weighted by atomic mass is 9.88. The summed E-state index contributed by atoms with van der Waals surface area (Å²) >= 11 is 0. The number of methoxy groups -OCH3 is 1. The van der Waals surface area contributed by atoms with Gasteiger partial charge >= 0.3 is 5.97 Å². The molecule has 1 amide bonds. The van der Waals surface area contributed by atoms with Gasteiger partial charge in [-0.2, -0.15) is 0 Å². The summed E-state index contributed by atoms with van der Waals surface area (Å²) in [4.78, 5) is 37.0. The summed E-state index contributed by atoms with van der Waals surface area (Å²) in [5.41, 5.74) is 1.16. The summed E-state index contributed by atoms with van der Waals surface area (Å²) in [7, 11) is -2.26. The van der Waals surface area contributed by atoms with E-state index in [0.717, 1.165) is 24.2 Å². The highest BCUT2D eigenvalue weighted by Gasteiger charge is 2.37. The van der Waals surface area contributed by atoms with Gasteiger partial charge in [0.2, 0.25) is 15.9 Å². The van der Waals surface area contributed by atoms with Crippen LogP contribution in [0.2, 0.25) is 0 Å². The van der Waals surface area contributed by atoms with E-state index in [0.29, 0.717) is 17.1 Å². The van der Waals surface area contributed by atoms with Gasteiger partial charge in [-0.1, -0.05) is 36.8 Å². The Hall–Kier alpha value is -3.20. The van der Waals surface area contributed by atoms with Crippen LogP contribution in [-0.2, 0) is 24.4 Å². The van der Waals surface area contributed by atoms with Gasteiger partial charge < -0.3 is 9.84 Å². The number of amides is 1. The predicted molar refractivity (Wildman–Crippen MR) is 132 cm³/mol. The van der Waals surface area contributed by atoms with Crippen molar-refractivity contribution in [3.05, 3.63) is 59.3 Å². The maximum absolute atomic E-state index is 12.7. The van der Waals surface area contributed by atoms with Gasteiger partial charge in [0.1, 0.15) is 5.75 Å². The molecule has 1 aliphatic carbocycles. The molecule has 1 atom stereocenters. The quantitative estimate of drug-likeness (QED) is 0.454. The van der Waals surface area contributed by atoms with Gasteiger partial charge in [0.05, 0.1) is 24.5 Å². The number of allylic oxidation sites excluding steroid dienone is 4. The van der Waals surface area contributed by atoms with E-state index in [1.807, 2.05) is 36.4 Å². The molecular formula is C26H31NO7S. The summed E-state index contributed by atoms with van der Waals surface area (Å²) in [5.74, 6) is -2.20. The second-order valence-electron chi connectivity index (χ2n) is 8.67. The van der Waals surface area contributed by atoms with Crippen molar-refractivity contribution < 1.29 is 32.6 Å². The van der Waals surface area contributed by atoms with Gasteiger partial charge in [-0.05, 0) is 55.9 Å². The lowest BCUT2D eigenvalue weighted by Gasteiger charge is -2.30. The van der Waals surface area contributed by atoms with E-state index in [1.165, 1.54) is 12.2 Å². The lowest BCUT2D eigenvalue weighted by Crippen LogP contribution is -2.42. The fraction of sp³-hybridized carbons (Fsp3) is 0.423. The number of nitrogens with zero attached hydrogens (tertiary/aromatic N) is 1. The lowest BCUT2D eigenvalue weighted by molar-refractivity contribution is -0.142. The van der Waals surface area contributed by atoms with E-state index in [1.54, 1.807) is 7.11 Å². The fourth-order valence-corrected chi connectivity index (χ4v) is 5.80. The first-order valence-corrected chi connectivity index (χ1v) is 13.4. The van der Waals surface area contributed by atoms with Crippen LogP contribution >= 0.6 is 0 Å². The van der Waals surface area contributed by atoms with Crippen LogP contribution < -0.4 is 4.74 Å². The van der Waals surface area contributed by atoms with E-state index < -0.39 is 27.8 Å². The Morgan fingerprint density at radius 3 is 2.60 bits per heavy atom. The molecule has 9 heteroatoms. The topological polar surface area (TPSA) is 118 Å². The number of ketones is 1. The number of aliphatic carboxylic acids is 1. The first-order valence-electron chi connectivity index (χ1n) is 11.7. The van der Waals surface area contributed by atoms with Gasteiger partial charge in [-0.25, -0.2) is 12.7 Å². The first kappa shape index (κ1) is 26.4. The summed E-state index contributed by atoms with van der Waals surface area (Å²) in [6.45, 7) is 0. The van der Waals surface area contributed by atoms with Crippen LogP contribution in [0.3, 0.4) is 0 Å². The fourth-order valence-electron chi connectivity index (χ4n) is 4.24. The summed E-state index contributed by atoms with van der Waals surface area (Å²) in [5, 5.41) is 9.76. The van der Waals surface area contributed by atoms with Crippen molar-refractivity contribution in [1.29, 1.82) is 0 Å². The number of carboxylic acids is 1. The minimum Gasteiger partial charge on any atom is -0.497 e. The number of benzene rings is 1. The molecule has 0 saturated carbocycles. The Morgan fingerprint density at radius 2 is 1.94 bits per heavy atom. The molecular weight excluding hydrogens is 470 g/mol. The third kappa shape index (κ3) is 6.91. The first-order chi connectivity index (χ1) is 16.7. The molecule has 1 saturated heterocycles. The van der Waals surface area contributed by atoms with Crippen molar-refractivity contribution in [2.45, 2.75) is 51.4 Å². The third-order valence-corrected chi connectivity index (χ3v) is 7.90. The summed E-state index contributed by atoms with van der Waals surface area (Å²) in [6.07, 6.45) is 9.80. The zero-order valence-electron chi connectivity index (χ0n) is 19.8. The summed E-state index contributed by atoms with van der Waals surface area (Å²) in [6, 6.07) is 7.66. The molecule has 188 valence electrons. The second-order valence-corrected chi connectivity index (χ2v) is 10.6. The van der Waals surface area contributed by atoms with Crippen LogP contribution in [0.1, 0.15) is 56.9 Å². The largest absolute Gasteiger partial charge is 0.497 e. The number of rotatable bonds is 11. The maximum atomic E-state index is 12.7. The van der Waals surface area contributed by atoms with Crippen LogP contribution in [0.4, 0.5) is 0 Å². The Labute approximate surface area is 206 Å². The molecule has 1 unspecified atom stereocenters. The predicted octanol–water partition coefficient (Wildman–Crippen LogP) is 4.10. The molecule has 0 spiro atoms. The van der Waals surface area contributed by atoms with E-state index in [9.17, 15) is 27.9 Å². The minimum absolute atomic E-state index is 0.0135. The molecule has 3 rings (SSSR count). The van der Waals surface area contributed by atoms with Crippen LogP contribution in [0.25, 0.3) is 6.08 Å². The van der Waals surface area contributed by atoms with Crippen molar-refractivity contribution in [2.24, 2.45) is 5.92 Å². The number of unbranched alkanes of at least 4 members (excludes halogenated alkanes) is 2. The number of carbonyl (C=O) groups is 3. The molecule has 0 bridgehead atoms. The zero-order chi connectivity index (χ0) is 25.4. The number of Topliss-reactive ketones (excluding diaryl/α,β-unsaturated/α-hetero) is 1. The number of ether oxygens (including phenoxy) is 1. The normalized spacial score (nSPS) is 18.8. The van der Waals surface area contributed by atoms with Crippen molar-refractivity contribution in [2.75, 3.05) is 12.9 Å². The van der Waals surface area contributed by atoms with E-state index >= 15 is 0 Å². The Balaban J connectivity index is 1.64. The average Bonchev–Trinajstić information content (AvgIpc) is 2.81. The van der Waals surface area contributed by atoms with Crippen molar-refractivity contribution in [3.63, 3.8) is 0 Å². The SMILES string of the molecule is COc1ccc(/C=C/CCCCC(CC2=C(N3C(=O)CCCS3(=O)=O)C=CCC2=O)C(=O)O)cc1. The molecule has 35 heavy (non-hydrogen) atoms. The van der Waals surface area contributed by atoms with Gasteiger partial charge in [0.15, 0.2) is 5.78 Å². The maximum Gasteiger partial charge on any atom is 0.306 e. The molecule has 1 aromatic carbocycles. The van der Waals surface area contributed by atoms with Crippen LogP contribution in [0, 0.1) is 5.92 Å². The Kier molecular flexibility index (Phi) is 9.03. The third-order valence-electron chi connectivity index (χ3n) is 6.14. The second kappa shape index (κ2) is 12.0.